The number of hydrogen-bond donors (Lipinski definition) is 1. The predicted octanol–water partition coefficient (Wildman–Crippen LogP) is -8.78. The zero-order valence-corrected chi connectivity index (χ0v) is 9.84. The molecule has 0 spiro atoms. The second kappa shape index (κ2) is 12.3. The van der Waals surface area contributed by atoms with Crippen molar-refractivity contribution in [1.82, 2.24) is 0 Å². The fourth-order valence-corrected chi connectivity index (χ4v) is 0.581. The third-order valence-corrected chi connectivity index (χ3v) is 1.06. The van der Waals surface area contributed by atoms with Gasteiger partial charge in [0.05, 0.1) is 12.9 Å². The van der Waals surface area contributed by atoms with E-state index >= 15 is 0 Å². The summed E-state index contributed by atoms with van der Waals surface area (Å²) in [5.41, 5.74) is 0.532. The number of aldehydes is 1. The molecule has 0 aromatic carbocycles. The smallest absolute Gasteiger partial charge is 1.00 e. The van der Waals surface area contributed by atoms with Crippen LogP contribution in [0.2, 0.25) is 0 Å². The minimum absolute atomic E-state index is 0. The molecule has 0 amide bonds. The van der Waals surface area contributed by atoms with Crippen molar-refractivity contribution in [2.75, 3.05) is 0 Å². The molecule has 1 aromatic rings. The SMILES string of the molecule is O=Cc1occc1CO.[Al+3].[Cl-].[Cl-].[Cl-]. The first-order valence-corrected chi connectivity index (χ1v) is 2.51. The Morgan fingerprint density at radius 1 is 1.38 bits per heavy atom. The van der Waals surface area contributed by atoms with Gasteiger partial charge in [-0.1, -0.05) is 0 Å². The van der Waals surface area contributed by atoms with Gasteiger partial charge >= 0.3 is 17.4 Å². The van der Waals surface area contributed by atoms with Crippen LogP contribution in [0.1, 0.15) is 16.1 Å². The van der Waals surface area contributed by atoms with E-state index in [4.69, 9.17) is 5.11 Å². The quantitative estimate of drug-likeness (QED) is 0.424. The summed E-state index contributed by atoms with van der Waals surface area (Å²) in [5.74, 6) is 0.206. The first-order valence-electron chi connectivity index (χ1n) is 2.51. The van der Waals surface area contributed by atoms with Crippen molar-refractivity contribution in [1.29, 1.82) is 0 Å². The van der Waals surface area contributed by atoms with Gasteiger partial charge in [-0.25, -0.2) is 0 Å². The van der Waals surface area contributed by atoms with E-state index in [0.717, 1.165) is 0 Å². The van der Waals surface area contributed by atoms with E-state index in [-0.39, 0.29) is 66.9 Å². The normalized spacial score (nSPS) is 6.54. The number of furan rings is 1. The summed E-state index contributed by atoms with van der Waals surface area (Å²) in [7, 11) is 0. The van der Waals surface area contributed by atoms with E-state index in [0.29, 0.717) is 11.8 Å². The van der Waals surface area contributed by atoms with E-state index in [1.807, 2.05) is 0 Å². The molecule has 0 atom stereocenters. The van der Waals surface area contributed by atoms with Crippen LogP contribution in [-0.2, 0) is 6.61 Å². The molecule has 0 saturated heterocycles. The van der Waals surface area contributed by atoms with Crippen LogP contribution in [0.25, 0.3) is 0 Å². The number of aliphatic hydroxyl groups is 1. The third kappa shape index (κ3) is 6.39. The van der Waals surface area contributed by atoms with Gasteiger partial charge < -0.3 is 46.7 Å². The summed E-state index contributed by atoms with van der Waals surface area (Å²) in [6.45, 7) is -0.148. The van der Waals surface area contributed by atoms with Gasteiger partial charge in [0.15, 0.2) is 12.0 Å². The summed E-state index contributed by atoms with van der Waals surface area (Å²) in [5, 5.41) is 8.52. The third-order valence-electron chi connectivity index (χ3n) is 1.06. The molecule has 1 N–H and O–H groups in total. The van der Waals surface area contributed by atoms with Crippen molar-refractivity contribution in [3.8, 4) is 0 Å². The number of carbonyl (C=O) groups is 1. The van der Waals surface area contributed by atoms with E-state index in [1.165, 1.54) is 6.26 Å². The molecule has 1 rings (SSSR count). The number of carbonyl (C=O) groups excluding carboxylic acids is 1. The predicted molar refractivity (Wildman–Crippen MR) is 35.8 cm³/mol. The molecule has 0 saturated carbocycles. The maximum Gasteiger partial charge on any atom is 3.00 e. The van der Waals surface area contributed by atoms with Gasteiger partial charge in [0, 0.05) is 5.56 Å². The fraction of sp³-hybridized carbons (Fsp3) is 0.167. The van der Waals surface area contributed by atoms with Crippen LogP contribution in [0.4, 0.5) is 0 Å². The second-order valence-corrected chi connectivity index (χ2v) is 1.59. The summed E-state index contributed by atoms with van der Waals surface area (Å²) >= 11 is 0. The van der Waals surface area contributed by atoms with Gasteiger partial charge in [-0.05, 0) is 6.07 Å². The summed E-state index contributed by atoms with van der Waals surface area (Å²) in [6, 6.07) is 1.56. The summed E-state index contributed by atoms with van der Waals surface area (Å²) in [4.78, 5) is 10.0. The molecule has 3 nitrogen and oxygen atoms in total. The van der Waals surface area contributed by atoms with Gasteiger partial charge in [-0.2, -0.15) is 0 Å². The zero-order chi connectivity index (χ0) is 6.69. The van der Waals surface area contributed by atoms with Gasteiger partial charge in [0.1, 0.15) is 0 Å². The molecule has 0 unspecified atom stereocenters. The van der Waals surface area contributed by atoms with Crippen molar-refractivity contribution in [3.63, 3.8) is 0 Å². The van der Waals surface area contributed by atoms with Crippen molar-refractivity contribution < 1.29 is 51.5 Å². The van der Waals surface area contributed by atoms with Crippen molar-refractivity contribution in [2.45, 2.75) is 6.61 Å². The van der Waals surface area contributed by atoms with Crippen LogP contribution in [0.5, 0.6) is 0 Å². The molecule has 1 heterocycles. The summed E-state index contributed by atoms with van der Waals surface area (Å²) < 4.78 is 4.68. The van der Waals surface area contributed by atoms with Crippen LogP contribution >= 0.6 is 0 Å². The maximum absolute atomic E-state index is 10.0. The molecule has 1 aromatic heterocycles. The summed E-state index contributed by atoms with van der Waals surface area (Å²) in [6.07, 6.45) is 1.95. The first-order chi connectivity index (χ1) is 4.38. The number of rotatable bonds is 2. The fourth-order valence-electron chi connectivity index (χ4n) is 0.581. The minimum Gasteiger partial charge on any atom is -1.00 e. The van der Waals surface area contributed by atoms with Gasteiger partial charge in [-0.15, -0.1) is 0 Å². The Balaban J connectivity index is -0.000000101. The maximum atomic E-state index is 10.0. The molecule has 13 heavy (non-hydrogen) atoms. The molecule has 0 bridgehead atoms. The molecule has 0 radical (unpaired) electrons. The van der Waals surface area contributed by atoms with Crippen LogP contribution in [0.15, 0.2) is 16.7 Å². The zero-order valence-electron chi connectivity index (χ0n) is 6.41. The topological polar surface area (TPSA) is 50.4 Å². The number of aliphatic hydroxyl groups excluding tert-OH is 1. The van der Waals surface area contributed by atoms with Crippen molar-refractivity contribution in [2.24, 2.45) is 0 Å². The average molecular weight is 259 g/mol. The largest absolute Gasteiger partial charge is 3.00 e. The Kier molecular flexibility index (Phi) is 22.0. The van der Waals surface area contributed by atoms with Crippen molar-refractivity contribution >= 4 is 23.6 Å². The van der Waals surface area contributed by atoms with Crippen LogP contribution in [0, 0.1) is 0 Å². The van der Waals surface area contributed by atoms with E-state index in [2.05, 4.69) is 4.42 Å². The molecule has 0 fully saturated rings. The van der Waals surface area contributed by atoms with Gasteiger partial charge in [0.25, 0.3) is 0 Å². The van der Waals surface area contributed by atoms with Crippen LogP contribution in [0.3, 0.4) is 0 Å². The standard InChI is InChI=1S/C6H6O3.Al.3ClH/c7-3-5-1-2-9-6(5)4-8;;;;/h1-2,4,7H,3H2;;3*1H/q;+3;;;/p-3. The van der Waals surface area contributed by atoms with Crippen molar-refractivity contribution in [3.05, 3.63) is 23.7 Å². The van der Waals surface area contributed by atoms with Gasteiger partial charge in [-0.3, -0.25) is 4.79 Å². The number of hydrogen-bond acceptors (Lipinski definition) is 3. The Morgan fingerprint density at radius 2 is 1.92 bits per heavy atom. The Morgan fingerprint density at radius 3 is 2.23 bits per heavy atom. The van der Waals surface area contributed by atoms with Crippen LogP contribution in [-0.4, -0.2) is 28.8 Å². The van der Waals surface area contributed by atoms with Gasteiger partial charge in [0.2, 0.25) is 0 Å². The molecule has 7 heteroatoms. The minimum atomic E-state index is -0.148. The monoisotopic (exact) mass is 258 g/mol. The molecular weight excluding hydrogens is 253 g/mol. The first kappa shape index (κ1) is 23.3. The van der Waals surface area contributed by atoms with E-state index in [1.54, 1.807) is 6.07 Å². The van der Waals surface area contributed by atoms with E-state index in [9.17, 15) is 4.79 Å². The average Bonchev–Trinajstić information content (AvgIpc) is 2.33. The Labute approximate surface area is 105 Å². The Hall–Kier alpha value is 0.312. The Bertz CT molecular complexity index is 217. The molecule has 72 valence electrons. The molecule has 0 aliphatic heterocycles. The molecule has 0 aliphatic carbocycles. The molecular formula is C6H6AlCl3O3. The second-order valence-electron chi connectivity index (χ2n) is 1.59. The van der Waals surface area contributed by atoms with Crippen LogP contribution < -0.4 is 37.2 Å². The number of halogens is 3. The van der Waals surface area contributed by atoms with E-state index < -0.39 is 0 Å². The molecule has 0 aliphatic rings.